The van der Waals surface area contributed by atoms with Crippen LogP contribution < -0.4 is 4.74 Å². The van der Waals surface area contributed by atoms with Crippen molar-refractivity contribution in [2.45, 2.75) is 77.3 Å². The van der Waals surface area contributed by atoms with E-state index in [4.69, 9.17) is 4.74 Å². The van der Waals surface area contributed by atoms with Gasteiger partial charge in [-0.1, -0.05) is 25.8 Å². The second-order valence-corrected chi connectivity index (χ2v) is 9.76. The Kier molecular flexibility index (Phi) is 5.14. The third-order valence-corrected chi connectivity index (χ3v) is 8.21. The Bertz CT molecular complexity index is 761. The van der Waals surface area contributed by atoms with E-state index >= 15 is 13.2 Å². The molecule has 1 nitrogen and oxygen atoms in total. The molecule has 1 unspecified atom stereocenters. The summed E-state index contributed by atoms with van der Waals surface area (Å²) >= 11 is 0. The van der Waals surface area contributed by atoms with Gasteiger partial charge in [0.2, 0.25) is 5.82 Å². The van der Waals surface area contributed by atoms with Gasteiger partial charge in [0.05, 0.1) is 6.61 Å². The van der Waals surface area contributed by atoms with Gasteiger partial charge in [-0.2, -0.15) is 4.39 Å². The summed E-state index contributed by atoms with van der Waals surface area (Å²) in [5, 5.41) is 0. The lowest BCUT2D eigenvalue weighted by atomic mass is 9.46. The number of aryl methyl sites for hydroxylation is 1. The lowest BCUT2D eigenvalue weighted by molar-refractivity contribution is -0.293. The number of hydrogen-bond donors (Lipinski definition) is 0. The summed E-state index contributed by atoms with van der Waals surface area (Å²) in [5.41, 5.74) is -2.49. The Morgan fingerprint density at radius 1 is 0.966 bits per heavy atom. The standard InChI is InChI=1S/C23H29F5O/c1-14-3-6-16(7-4-14)22-11-9-21(10-12-22,20(26)23(22,27)28)13-29-17-8-5-15(2)18(24)19(17)25/h5,8,14,16,20H,3-4,6-7,9-13H2,1-2H3. The number of rotatable bonds is 4. The summed E-state index contributed by atoms with van der Waals surface area (Å²) in [6, 6.07) is 2.64. The second kappa shape index (κ2) is 7.12. The van der Waals surface area contributed by atoms with Gasteiger partial charge in [0.1, 0.15) is 0 Å². The molecule has 1 atom stereocenters. The first-order chi connectivity index (χ1) is 13.6. The third kappa shape index (κ3) is 3.07. The molecule has 0 N–H and O–H groups in total. The lowest BCUT2D eigenvalue weighted by Crippen LogP contribution is -2.67. The monoisotopic (exact) mass is 416 g/mol. The maximum absolute atomic E-state index is 15.4. The van der Waals surface area contributed by atoms with Gasteiger partial charge >= 0.3 is 0 Å². The molecule has 5 rings (SSSR count). The minimum atomic E-state index is -3.42. The molecular formula is C23H29F5O. The van der Waals surface area contributed by atoms with E-state index in [1.807, 2.05) is 0 Å². The Morgan fingerprint density at radius 2 is 1.59 bits per heavy atom. The molecule has 6 heteroatoms. The van der Waals surface area contributed by atoms with Crippen molar-refractivity contribution in [3.05, 3.63) is 29.3 Å². The van der Waals surface area contributed by atoms with E-state index in [-0.39, 0.29) is 36.7 Å². The summed E-state index contributed by atoms with van der Waals surface area (Å²) in [6.07, 6.45) is 2.13. The summed E-state index contributed by atoms with van der Waals surface area (Å²) in [4.78, 5) is 0. The van der Waals surface area contributed by atoms with Crippen LogP contribution in [0.3, 0.4) is 0 Å². The molecule has 0 heterocycles. The molecule has 29 heavy (non-hydrogen) atoms. The normalized spacial score (nSPS) is 38.8. The minimum absolute atomic E-state index is 0.129. The fourth-order valence-corrected chi connectivity index (χ4v) is 6.09. The molecule has 0 radical (unpaired) electrons. The zero-order chi connectivity index (χ0) is 21.0. The van der Waals surface area contributed by atoms with E-state index in [0.717, 1.165) is 25.7 Å². The molecule has 4 saturated carbocycles. The molecule has 1 aromatic rings. The van der Waals surface area contributed by atoms with Gasteiger partial charge < -0.3 is 4.74 Å². The number of benzene rings is 1. The number of hydrogen-bond acceptors (Lipinski definition) is 1. The first-order valence-electron chi connectivity index (χ1n) is 10.7. The fourth-order valence-electron chi connectivity index (χ4n) is 6.09. The minimum Gasteiger partial charge on any atom is -0.490 e. The topological polar surface area (TPSA) is 9.23 Å². The molecule has 2 bridgehead atoms. The molecule has 0 spiro atoms. The van der Waals surface area contributed by atoms with E-state index in [2.05, 4.69) is 6.92 Å². The fraction of sp³-hybridized carbons (Fsp3) is 0.739. The molecule has 1 aromatic carbocycles. The number of fused-ring (bicyclic) bond motifs is 3. The van der Waals surface area contributed by atoms with Crippen LogP contribution in [0, 0.1) is 41.2 Å². The highest BCUT2D eigenvalue weighted by molar-refractivity contribution is 5.30. The van der Waals surface area contributed by atoms with Crippen LogP contribution >= 0.6 is 0 Å². The first-order valence-corrected chi connectivity index (χ1v) is 10.7. The Morgan fingerprint density at radius 3 is 2.21 bits per heavy atom. The summed E-state index contributed by atoms with van der Waals surface area (Å²) in [7, 11) is 0. The zero-order valence-electron chi connectivity index (χ0n) is 17.0. The lowest BCUT2D eigenvalue weighted by Gasteiger charge is -2.62. The molecule has 0 saturated heterocycles. The Labute approximate surface area is 169 Å². The van der Waals surface area contributed by atoms with Crippen molar-refractivity contribution in [3.63, 3.8) is 0 Å². The number of ether oxygens (including phenoxy) is 1. The molecule has 0 amide bonds. The van der Waals surface area contributed by atoms with Crippen LogP contribution in [-0.2, 0) is 0 Å². The van der Waals surface area contributed by atoms with Gasteiger partial charge in [0.25, 0.3) is 5.92 Å². The van der Waals surface area contributed by atoms with E-state index in [1.165, 1.54) is 19.1 Å². The predicted octanol–water partition coefficient (Wildman–Crippen LogP) is 7.01. The molecular weight excluding hydrogens is 387 g/mol. The molecule has 4 aliphatic rings. The highest BCUT2D eigenvalue weighted by Crippen LogP contribution is 2.69. The Hall–Kier alpha value is -1.33. The van der Waals surface area contributed by atoms with Crippen LogP contribution in [0.5, 0.6) is 5.75 Å². The maximum Gasteiger partial charge on any atom is 0.285 e. The van der Waals surface area contributed by atoms with Gasteiger partial charge in [0, 0.05) is 10.8 Å². The Balaban J connectivity index is 1.54. The van der Waals surface area contributed by atoms with Gasteiger partial charge in [-0.05, 0) is 68.9 Å². The van der Waals surface area contributed by atoms with Crippen molar-refractivity contribution in [2.24, 2.45) is 22.7 Å². The third-order valence-electron chi connectivity index (χ3n) is 8.21. The van der Waals surface area contributed by atoms with Crippen LogP contribution in [0.2, 0.25) is 0 Å². The van der Waals surface area contributed by atoms with E-state index in [0.29, 0.717) is 18.8 Å². The van der Waals surface area contributed by atoms with Crippen molar-refractivity contribution in [2.75, 3.05) is 6.61 Å². The number of alkyl halides is 3. The van der Waals surface area contributed by atoms with E-state index in [1.54, 1.807) is 0 Å². The predicted molar refractivity (Wildman–Crippen MR) is 101 cm³/mol. The van der Waals surface area contributed by atoms with Gasteiger partial charge in [-0.3, -0.25) is 0 Å². The van der Waals surface area contributed by atoms with Gasteiger partial charge in [-0.25, -0.2) is 17.6 Å². The van der Waals surface area contributed by atoms with E-state index < -0.39 is 34.6 Å². The van der Waals surface area contributed by atoms with E-state index in [9.17, 15) is 8.78 Å². The molecule has 0 aromatic heterocycles. The van der Waals surface area contributed by atoms with Crippen LogP contribution in [0.1, 0.15) is 63.9 Å². The van der Waals surface area contributed by atoms with Crippen molar-refractivity contribution in [1.29, 1.82) is 0 Å². The highest BCUT2D eigenvalue weighted by Gasteiger charge is 2.73. The van der Waals surface area contributed by atoms with Gasteiger partial charge in [0.15, 0.2) is 17.7 Å². The molecule has 4 aliphatic carbocycles. The SMILES string of the molecule is Cc1ccc(OCC23CCC(C4CCC(C)CC4)(CC2)C(F)(F)C3F)c(F)c1F. The van der Waals surface area contributed by atoms with Crippen molar-refractivity contribution >= 4 is 0 Å². The van der Waals surface area contributed by atoms with Crippen molar-refractivity contribution in [1.82, 2.24) is 0 Å². The average Bonchev–Trinajstić information content (AvgIpc) is 2.71. The van der Waals surface area contributed by atoms with Crippen molar-refractivity contribution < 1.29 is 26.7 Å². The summed E-state index contributed by atoms with van der Waals surface area (Å²) < 4.78 is 79.5. The van der Waals surface area contributed by atoms with Crippen LogP contribution in [0.4, 0.5) is 22.0 Å². The van der Waals surface area contributed by atoms with Crippen LogP contribution in [0.25, 0.3) is 0 Å². The summed E-state index contributed by atoms with van der Waals surface area (Å²) in [6.45, 7) is 3.20. The van der Waals surface area contributed by atoms with Crippen LogP contribution in [0.15, 0.2) is 12.1 Å². The van der Waals surface area contributed by atoms with Crippen LogP contribution in [-0.4, -0.2) is 18.7 Å². The number of halogens is 5. The average molecular weight is 416 g/mol. The van der Waals surface area contributed by atoms with Crippen molar-refractivity contribution in [3.8, 4) is 5.75 Å². The smallest absolute Gasteiger partial charge is 0.285 e. The molecule has 162 valence electrons. The molecule has 4 fully saturated rings. The largest absolute Gasteiger partial charge is 0.490 e. The maximum atomic E-state index is 15.4. The highest BCUT2D eigenvalue weighted by atomic mass is 19.3. The first kappa shape index (κ1) is 20.9. The summed E-state index contributed by atoms with van der Waals surface area (Å²) in [5.74, 6) is -5.55. The quantitative estimate of drug-likeness (QED) is 0.480. The van der Waals surface area contributed by atoms with Gasteiger partial charge in [-0.15, -0.1) is 0 Å². The molecule has 0 aliphatic heterocycles. The second-order valence-electron chi connectivity index (χ2n) is 9.76. The zero-order valence-corrected chi connectivity index (χ0v) is 17.0.